The fourth-order valence-electron chi connectivity index (χ4n) is 20.5. The summed E-state index contributed by atoms with van der Waals surface area (Å²) >= 11 is 0. The highest BCUT2D eigenvalue weighted by molar-refractivity contribution is 5.84. The molecule has 0 aromatic heterocycles. The normalized spacial score (nSPS) is 36.3. The lowest BCUT2D eigenvalue weighted by atomic mass is 9.54. The van der Waals surface area contributed by atoms with Crippen molar-refractivity contribution in [2.24, 2.45) is 74.3 Å². The van der Waals surface area contributed by atoms with E-state index in [0.717, 1.165) is 149 Å². The average molecular weight is 1180 g/mol. The van der Waals surface area contributed by atoms with Crippen LogP contribution in [0.5, 0.6) is 28.7 Å². The molecule has 7 heterocycles. The van der Waals surface area contributed by atoms with E-state index in [1.807, 2.05) is 30.3 Å². The fraction of sp³-hybridized carbons (Fsp3) is 0.685. The highest BCUT2D eigenvalue weighted by Crippen LogP contribution is 2.66. The number of guanidine groups is 1. The first-order valence-corrected chi connectivity index (χ1v) is 33.9. The maximum absolute atomic E-state index is 13.0. The highest BCUT2D eigenvalue weighted by atomic mass is 16.5. The van der Waals surface area contributed by atoms with Crippen molar-refractivity contribution in [2.45, 2.75) is 204 Å². The van der Waals surface area contributed by atoms with Crippen LogP contribution in [-0.2, 0) is 24.0 Å². The molecule has 15 unspecified atom stereocenters. The Labute approximate surface area is 512 Å². The van der Waals surface area contributed by atoms with Gasteiger partial charge in [0.2, 0.25) is 0 Å². The van der Waals surface area contributed by atoms with E-state index in [0.29, 0.717) is 98.3 Å². The van der Waals surface area contributed by atoms with E-state index in [-0.39, 0.29) is 70.1 Å². The summed E-state index contributed by atoms with van der Waals surface area (Å²) in [5, 5.41) is 56.1. The highest BCUT2D eigenvalue weighted by Gasteiger charge is 2.61. The molecule has 13 nitrogen and oxygen atoms in total. The first-order chi connectivity index (χ1) is 41.7. The number of aliphatic imine (C=N–C) groups is 1. The van der Waals surface area contributed by atoms with Crippen LogP contribution in [0.4, 0.5) is 0 Å². The lowest BCUT2D eigenvalue weighted by Crippen LogP contribution is -2.55. The van der Waals surface area contributed by atoms with Crippen molar-refractivity contribution in [3.63, 3.8) is 0 Å². The maximum Gasteiger partial charge on any atom is 0.188 e. The third kappa shape index (κ3) is 11.0. The average Bonchev–Trinajstić information content (AvgIpc) is 3.06. The first kappa shape index (κ1) is 60.0. The van der Waals surface area contributed by atoms with Crippen LogP contribution >= 0.6 is 0 Å². The molecule has 3 aromatic rings. The largest absolute Gasteiger partial charge is 0.508 e. The number of allylic oxidation sites excluding steroid dienone is 2. The molecule has 15 atom stereocenters. The van der Waals surface area contributed by atoms with Gasteiger partial charge in [-0.25, -0.2) is 0 Å². The van der Waals surface area contributed by atoms with Gasteiger partial charge in [0.15, 0.2) is 17.5 Å². The number of fused-ring (bicyclic) bond motifs is 2. The van der Waals surface area contributed by atoms with Crippen LogP contribution in [0.15, 0.2) is 53.5 Å². The van der Waals surface area contributed by atoms with Crippen molar-refractivity contribution in [3.8, 4) is 51.9 Å². The van der Waals surface area contributed by atoms with Crippen LogP contribution in [0, 0.1) is 75.6 Å². The monoisotopic (exact) mass is 1180 g/mol. The molecule has 8 N–H and O–H groups in total. The second kappa shape index (κ2) is 24.4. The number of hydrogen-bond acceptors (Lipinski definition) is 13. The second-order valence-corrected chi connectivity index (χ2v) is 29.6. The molecule has 1 saturated heterocycles. The minimum absolute atomic E-state index is 0.000173. The summed E-state index contributed by atoms with van der Waals surface area (Å²) in [6.45, 7) is 9.63. The molecule has 4 saturated carbocycles. The van der Waals surface area contributed by atoms with Crippen LogP contribution < -0.4 is 35.3 Å². The van der Waals surface area contributed by atoms with E-state index >= 15 is 0 Å². The Morgan fingerprint density at radius 2 is 1.73 bits per heavy atom. The molecule has 466 valence electrons. The smallest absolute Gasteiger partial charge is 0.188 e. The van der Waals surface area contributed by atoms with Crippen molar-refractivity contribution in [2.75, 3.05) is 47.0 Å². The first-order valence-electron chi connectivity index (χ1n) is 33.9. The van der Waals surface area contributed by atoms with Gasteiger partial charge in [-0.2, -0.15) is 0 Å². The number of aliphatic hydroxyl groups is 3. The minimum atomic E-state index is -0.899. The summed E-state index contributed by atoms with van der Waals surface area (Å²) in [6.07, 6.45) is 27.1. The quantitative estimate of drug-likeness (QED) is 0.0877. The fourth-order valence-corrected chi connectivity index (χ4v) is 20.5. The van der Waals surface area contributed by atoms with Gasteiger partial charge in [0.05, 0.1) is 24.9 Å². The third-order valence-electron chi connectivity index (χ3n) is 24.3. The van der Waals surface area contributed by atoms with E-state index in [1.54, 1.807) is 7.11 Å². The van der Waals surface area contributed by atoms with Crippen LogP contribution in [-0.4, -0.2) is 97.3 Å². The molecule has 9 bridgehead atoms. The van der Waals surface area contributed by atoms with E-state index in [9.17, 15) is 20.4 Å². The zero-order valence-electron chi connectivity index (χ0n) is 52.3. The van der Waals surface area contributed by atoms with Gasteiger partial charge in [-0.05, 0) is 226 Å². The molecule has 16 rings (SSSR count). The topological polar surface area (TPSA) is 190 Å². The Kier molecular flexibility index (Phi) is 17.0. The van der Waals surface area contributed by atoms with Crippen molar-refractivity contribution in [1.82, 2.24) is 10.6 Å². The van der Waals surface area contributed by atoms with Gasteiger partial charge < -0.3 is 60.5 Å². The minimum Gasteiger partial charge on any atom is -0.508 e. The van der Waals surface area contributed by atoms with Crippen molar-refractivity contribution >= 4 is 5.96 Å². The number of aromatic hydroxyl groups is 1. The van der Waals surface area contributed by atoms with E-state index in [1.165, 1.54) is 18.4 Å². The zero-order chi connectivity index (χ0) is 59.5. The standard InChI is InChI=1S/C73H100N4O9/c1-6-46-29-48-15-14-47(46)30-53(79)39-72(22-11-21-71(72)24-27-84-73(42-71)23-9-12-45(37-73)40-75-4)43-77-69(74)76-25-18-54-58(41-78)70(19-7-8-20-70)38-50-13-10-26-83-61-17-16-49(34-63(61)86-67(50)54)68-60(81)35-57-62(85-68)36-64(82-5)66-56-32-52(28-44(2)3)59(80)33-51(56)31-55(48)65(57)66/h14-17,32-34,36,44-48,50,53-55,58,60,67-68,75,78-81H,6-9,11-13,18-25,27-31,35,37-43H2,1-5H3,(H3,74,76,77). The van der Waals surface area contributed by atoms with Crippen molar-refractivity contribution in [3.05, 3.63) is 76.4 Å². The molecule has 13 aliphatic rings. The molecule has 3 aromatic carbocycles. The molecule has 7 aliphatic heterocycles. The molecule has 86 heavy (non-hydrogen) atoms. The number of nitrogens with one attached hydrogen (secondary N) is 2. The maximum atomic E-state index is 13.0. The van der Waals surface area contributed by atoms with Crippen LogP contribution in [0.25, 0.3) is 11.1 Å². The zero-order valence-corrected chi connectivity index (χ0v) is 52.3. The van der Waals surface area contributed by atoms with Crippen molar-refractivity contribution < 1.29 is 44.1 Å². The molecule has 4 spiro atoms. The van der Waals surface area contributed by atoms with Crippen LogP contribution in [0.2, 0.25) is 0 Å². The molecule has 0 radical (unpaired) electrons. The summed E-state index contributed by atoms with van der Waals surface area (Å²) < 4.78 is 34.3. The predicted octanol–water partition coefficient (Wildman–Crippen LogP) is 12.0. The summed E-state index contributed by atoms with van der Waals surface area (Å²) in [5.74, 6) is 8.34. The Bertz CT molecular complexity index is 3080. The van der Waals surface area contributed by atoms with Gasteiger partial charge in [-0.1, -0.05) is 77.0 Å². The number of nitrogens with zero attached hydrogens (tertiary/aromatic N) is 1. The molecule has 13 heteroatoms. The van der Waals surface area contributed by atoms with Gasteiger partial charge in [-0.15, -0.1) is 0 Å². The molecule has 6 aliphatic carbocycles. The van der Waals surface area contributed by atoms with Gasteiger partial charge in [-0.3, -0.25) is 4.99 Å². The van der Waals surface area contributed by atoms with Crippen molar-refractivity contribution in [1.29, 1.82) is 0 Å². The van der Waals surface area contributed by atoms with Gasteiger partial charge in [0.25, 0.3) is 0 Å². The van der Waals surface area contributed by atoms with Crippen LogP contribution in [0.1, 0.15) is 189 Å². The number of rotatable bonds is 7. The summed E-state index contributed by atoms with van der Waals surface area (Å²) in [6, 6.07) is 12.1. The van der Waals surface area contributed by atoms with E-state index in [4.69, 9.17) is 34.4 Å². The number of hydrogen-bond donors (Lipinski definition) is 7. The molecular formula is C73H100N4O9. The number of methoxy groups -OCH3 is 1. The van der Waals surface area contributed by atoms with Gasteiger partial charge in [0, 0.05) is 68.2 Å². The number of phenols is 1. The molecular weight excluding hydrogens is 1080 g/mol. The van der Waals surface area contributed by atoms with Gasteiger partial charge in [0.1, 0.15) is 35.6 Å². The summed E-state index contributed by atoms with van der Waals surface area (Å²) in [5.41, 5.74) is 13.7. The predicted molar refractivity (Wildman–Crippen MR) is 337 cm³/mol. The number of ether oxygens (including phenoxy) is 5. The number of aliphatic hydroxyl groups excluding tert-OH is 3. The Morgan fingerprint density at radius 1 is 0.895 bits per heavy atom. The van der Waals surface area contributed by atoms with Crippen LogP contribution in [0.3, 0.4) is 0 Å². The third-order valence-corrected chi connectivity index (χ3v) is 24.3. The Balaban J connectivity index is 0.924. The molecule has 0 amide bonds. The summed E-state index contributed by atoms with van der Waals surface area (Å²) in [7, 11) is 3.82. The Hall–Kier alpha value is -4.97. The lowest BCUT2D eigenvalue weighted by molar-refractivity contribution is -0.179. The van der Waals surface area contributed by atoms with Gasteiger partial charge >= 0.3 is 0 Å². The second-order valence-electron chi connectivity index (χ2n) is 29.6. The lowest BCUT2D eigenvalue weighted by Gasteiger charge is -2.56. The summed E-state index contributed by atoms with van der Waals surface area (Å²) in [4.78, 5) is 5.40. The molecule has 5 fully saturated rings. The van der Waals surface area contributed by atoms with E-state index in [2.05, 4.69) is 68.7 Å². The SMILES string of the molecule is CCC1CC2C=CC1CC(O)CC1(CCCC13CCOC1(CCCC(CNC)C1)C3)CN=C(N)NCCC1C3Oc4cc(ccc4OC#CCC3CC3(CCCC3)C1CO)C1Oc3cc(OC)c4c(c3CC1O)C2Cc1cc(O)c(CC(C)C)cc1-4. The number of benzene rings is 3. The Morgan fingerprint density at radius 3 is 2.53 bits per heavy atom. The number of nitrogens with two attached hydrogens (primary N) is 1. The number of phenolic OH excluding ortho intramolecular Hbond substituents is 1. The van der Waals surface area contributed by atoms with E-state index < -0.39 is 18.3 Å².